The zero-order valence-corrected chi connectivity index (χ0v) is 13.4. The fourth-order valence-corrected chi connectivity index (χ4v) is 2.19. The maximum Gasteiger partial charge on any atom is 0.319 e. The molecule has 0 aromatic heterocycles. The Kier molecular flexibility index (Phi) is 7.32. The first-order valence-corrected chi connectivity index (χ1v) is 7.45. The Morgan fingerprint density at radius 2 is 2.14 bits per heavy atom. The first kappa shape index (κ1) is 17.6. The fraction of sp³-hybridized carbons (Fsp3) is 0.533. The van der Waals surface area contributed by atoms with Gasteiger partial charge in [0.25, 0.3) is 0 Å². The summed E-state index contributed by atoms with van der Waals surface area (Å²) in [6.07, 6.45) is 0.282. The molecule has 21 heavy (non-hydrogen) atoms. The van der Waals surface area contributed by atoms with Crippen LogP contribution in [-0.4, -0.2) is 30.4 Å². The smallest absolute Gasteiger partial charge is 0.319 e. The monoisotopic (exact) mass is 314 g/mol. The van der Waals surface area contributed by atoms with Gasteiger partial charge in [0.2, 0.25) is 0 Å². The van der Waals surface area contributed by atoms with E-state index in [0.717, 1.165) is 0 Å². The van der Waals surface area contributed by atoms with Crippen LogP contribution in [0.3, 0.4) is 0 Å². The molecule has 3 N–H and O–H groups in total. The largest absolute Gasteiger partial charge is 0.492 e. The van der Waals surface area contributed by atoms with Gasteiger partial charge in [0.1, 0.15) is 5.75 Å². The maximum atomic E-state index is 11.8. The second kappa shape index (κ2) is 8.74. The number of carbonyl (C=O) groups is 1. The highest BCUT2D eigenvalue weighted by Gasteiger charge is 2.09. The average Bonchev–Trinajstić information content (AvgIpc) is 2.39. The third-order valence-corrected chi connectivity index (χ3v) is 3.14. The average molecular weight is 315 g/mol. The van der Waals surface area contributed by atoms with Crippen LogP contribution in [0.2, 0.25) is 5.02 Å². The van der Waals surface area contributed by atoms with Crippen LogP contribution in [0, 0.1) is 5.92 Å². The second-order valence-corrected chi connectivity index (χ2v) is 5.51. The van der Waals surface area contributed by atoms with Crippen LogP contribution in [0.25, 0.3) is 0 Å². The van der Waals surface area contributed by atoms with E-state index in [1.807, 2.05) is 13.8 Å². The molecule has 1 aromatic rings. The molecule has 0 aliphatic rings. The zero-order chi connectivity index (χ0) is 15.8. The van der Waals surface area contributed by atoms with Gasteiger partial charge in [-0.2, -0.15) is 0 Å². The molecule has 2 atom stereocenters. The van der Waals surface area contributed by atoms with Crippen molar-refractivity contribution in [1.29, 1.82) is 0 Å². The topological polar surface area (TPSA) is 70.6 Å². The van der Waals surface area contributed by atoms with Crippen molar-refractivity contribution >= 4 is 23.3 Å². The number of aliphatic hydroxyl groups excluding tert-OH is 1. The highest BCUT2D eigenvalue weighted by molar-refractivity contribution is 6.32. The van der Waals surface area contributed by atoms with E-state index >= 15 is 0 Å². The van der Waals surface area contributed by atoms with Crippen LogP contribution >= 0.6 is 11.6 Å². The molecule has 0 saturated carbocycles. The summed E-state index contributed by atoms with van der Waals surface area (Å²) >= 11 is 6.05. The minimum Gasteiger partial charge on any atom is -0.492 e. The molecule has 0 aliphatic heterocycles. The predicted molar refractivity (Wildman–Crippen MR) is 85.1 cm³/mol. The van der Waals surface area contributed by atoms with Crippen molar-refractivity contribution < 1.29 is 14.6 Å². The molecule has 0 fully saturated rings. The Balaban J connectivity index is 2.46. The highest BCUT2D eigenvalue weighted by Crippen LogP contribution is 2.27. The lowest BCUT2D eigenvalue weighted by atomic mass is 10.1. The van der Waals surface area contributed by atoms with Crippen molar-refractivity contribution in [1.82, 2.24) is 5.32 Å². The number of anilines is 1. The molecule has 0 heterocycles. The number of ether oxygens (including phenoxy) is 1. The van der Waals surface area contributed by atoms with Crippen LogP contribution in [0.5, 0.6) is 5.75 Å². The molecule has 2 unspecified atom stereocenters. The minimum absolute atomic E-state index is 0.208. The van der Waals surface area contributed by atoms with Gasteiger partial charge in [-0.1, -0.05) is 18.5 Å². The zero-order valence-electron chi connectivity index (χ0n) is 12.6. The van der Waals surface area contributed by atoms with Gasteiger partial charge in [0.15, 0.2) is 0 Å². The molecule has 1 aromatic carbocycles. The van der Waals surface area contributed by atoms with Crippen LogP contribution < -0.4 is 15.4 Å². The first-order chi connectivity index (χ1) is 9.92. The Bertz CT molecular complexity index is 466. The van der Waals surface area contributed by atoms with E-state index in [1.165, 1.54) is 0 Å². The molecule has 2 amide bonds. The van der Waals surface area contributed by atoms with E-state index in [-0.39, 0.29) is 18.1 Å². The van der Waals surface area contributed by atoms with E-state index in [4.69, 9.17) is 16.3 Å². The van der Waals surface area contributed by atoms with Crippen LogP contribution in [0.4, 0.5) is 10.5 Å². The molecule has 0 saturated heterocycles. The Morgan fingerprint density at radius 1 is 1.43 bits per heavy atom. The summed E-state index contributed by atoms with van der Waals surface area (Å²) in [5.41, 5.74) is 0.601. The molecule has 118 valence electrons. The number of urea groups is 1. The summed E-state index contributed by atoms with van der Waals surface area (Å²) in [5, 5.41) is 15.2. The summed E-state index contributed by atoms with van der Waals surface area (Å²) in [4.78, 5) is 11.8. The maximum absolute atomic E-state index is 11.8. The van der Waals surface area contributed by atoms with Crippen LogP contribution in [-0.2, 0) is 0 Å². The minimum atomic E-state index is -0.366. The standard InChI is InChI=1S/C15H23ClN2O3/c1-4-21-14-6-5-12(8-13(14)16)18-15(20)17-9-10(2)7-11(3)19/h5-6,8,10-11,19H,4,7,9H2,1-3H3,(H2,17,18,20). The van der Waals surface area contributed by atoms with E-state index in [0.29, 0.717) is 36.0 Å². The number of halogens is 1. The quantitative estimate of drug-likeness (QED) is 0.723. The van der Waals surface area contributed by atoms with Crippen LogP contribution in [0.15, 0.2) is 18.2 Å². The highest BCUT2D eigenvalue weighted by atomic mass is 35.5. The SMILES string of the molecule is CCOc1ccc(NC(=O)NCC(C)CC(C)O)cc1Cl. The normalized spacial score (nSPS) is 13.4. The van der Waals surface area contributed by atoms with E-state index in [9.17, 15) is 9.90 Å². The van der Waals surface area contributed by atoms with Crippen molar-refractivity contribution in [2.45, 2.75) is 33.3 Å². The number of benzene rings is 1. The summed E-state index contributed by atoms with van der Waals surface area (Å²) < 4.78 is 5.33. The van der Waals surface area contributed by atoms with Gasteiger partial charge in [-0.3, -0.25) is 0 Å². The Labute approximate surface area is 130 Å². The second-order valence-electron chi connectivity index (χ2n) is 5.10. The third-order valence-electron chi connectivity index (χ3n) is 2.84. The molecule has 6 heteroatoms. The van der Waals surface area contributed by atoms with Crippen molar-refractivity contribution in [3.8, 4) is 5.75 Å². The Morgan fingerprint density at radius 3 is 2.71 bits per heavy atom. The molecule has 1 rings (SSSR count). The van der Waals surface area contributed by atoms with Gasteiger partial charge in [-0.15, -0.1) is 0 Å². The van der Waals surface area contributed by atoms with Crippen molar-refractivity contribution in [3.63, 3.8) is 0 Å². The van der Waals surface area contributed by atoms with Gasteiger partial charge >= 0.3 is 6.03 Å². The number of carbonyl (C=O) groups excluding carboxylic acids is 1. The first-order valence-electron chi connectivity index (χ1n) is 7.07. The number of amides is 2. The van der Waals surface area contributed by atoms with Crippen molar-refractivity contribution in [3.05, 3.63) is 23.2 Å². The summed E-state index contributed by atoms with van der Waals surface area (Å²) in [7, 11) is 0. The molecular weight excluding hydrogens is 292 g/mol. The summed E-state index contributed by atoms with van der Waals surface area (Å²) in [6, 6.07) is 4.80. The lowest BCUT2D eigenvalue weighted by Gasteiger charge is -2.15. The molecule has 0 spiro atoms. The van der Waals surface area contributed by atoms with E-state index in [1.54, 1.807) is 25.1 Å². The number of nitrogens with one attached hydrogen (secondary N) is 2. The molecule has 0 bridgehead atoms. The summed E-state index contributed by atoms with van der Waals surface area (Å²) in [6.45, 7) is 6.62. The van der Waals surface area contributed by atoms with Gasteiger partial charge < -0.3 is 20.5 Å². The fourth-order valence-electron chi connectivity index (χ4n) is 1.96. The lowest BCUT2D eigenvalue weighted by molar-refractivity contribution is 0.163. The van der Waals surface area contributed by atoms with Gasteiger partial charge in [0, 0.05) is 12.2 Å². The van der Waals surface area contributed by atoms with Crippen molar-refractivity contribution in [2.24, 2.45) is 5.92 Å². The molecule has 0 aliphatic carbocycles. The van der Waals surface area contributed by atoms with Crippen molar-refractivity contribution in [2.75, 3.05) is 18.5 Å². The van der Waals surface area contributed by atoms with Gasteiger partial charge in [-0.05, 0) is 44.4 Å². The Hall–Kier alpha value is -1.46. The molecular formula is C15H23ClN2O3. The molecule has 0 radical (unpaired) electrons. The summed E-state index contributed by atoms with van der Waals surface area (Å²) in [5.74, 6) is 0.801. The number of hydrogen-bond acceptors (Lipinski definition) is 3. The molecule has 5 nitrogen and oxygen atoms in total. The lowest BCUT2D eigenvalue weighted by Crippen LogP contribution is -2.33. The number of hydrogen-bond donors (Lipinski definition) is 3. The number of rotatable bonds is 7. The van der Waals surface area contributed by atoms with Crippen LogP contribution in [0.1, 0.15) is 27.2 Å². The van der Waals surface area contributed by atoms with Gasteiger partial charge in [-0.25, -0.2) is 4.79 Å². The number of aliphatic hydroxyl groups is 1. The third kappa shape index (κ3) is 6.69. The van der Waals surface area contributed by atoms with Gasteiger partial charge in [0.05, 0.1) is 17.7 Å². The van der Waals surface area contributed by atoms with E-state index < -0.39 is 0 Å². The van der Waals surface area contributed by atoms with E-state index in [2.05, 4.69) is 10.6 Å². The predicted octanol–water partition coefficient (Wildman–Crippen LogP) is 3.27.